The molecule has 1 aliphatic heterocycles. The first-order valence-electron chi connectivity index (χ1n) is 7.18. The number of amides is 2. The van der Waals surface area contributed by atoms with Crippen LogP contribution in [-0.2, 0) is 9.59 Å². The first-order chi connectivity index (χ1) is 9.78. The molecule has 5 heteroatoms. The molecule has 1 unspecified atom stereocenters. The van der Waals surface area contributed by atoms with Gasteiger partial charge in [0.1, 0.15) is 5.54 Å². The standard InChI is InChI=1S/C16H21BrN2O2/c1-5-16(4)15(21)19(7-6-13(20)18-16)14-11(3)8-10(2)9-12(14)17/h8-9H,5-7H2,1-4H3,(H,18,20). The maximum Gasteiger partial charge on any atom is 0.252 e. The molecule has 1 aliphatic rings. The van der Waals surface area contributed by atoms with E-state index in [-0.39, 0.29) is 11.8 Å². The van der Waals surface area contributed by atoms with Gasteiger partial charge >= 0.3 is 0 Å². The van der Waals surface area contributed by atoms with Crippen molar-refractivity contribution in [2.75, 3.05) is 11.4 Å². The summed E-state index contributed by atoms with van der Waals surface area (Å²) in [5.41, 5.74) is 2.19. The van der Waals surface area contributed by atoms with E-state index in [1.807, 2.05) is 26.8 Å². The van der Waals surface area contributed by atoms with Crippen LogP contribution in [0.1, 0.15) is 37.8 Å². The molecule has 1 N–H and O–H groups in total. The summed E-state index contributed by atoms with van der Waals surface area (Å²) < 4.78 is 0.890. The number of carbonyl (C=O) groups is 2. The van der Waals surface area contributed by atoms with Gasteiger partial charge in [-0.1, -0.05) is 13.0 Å². The average molecular weight is 353 g/mol. The topological polar surface area (TPSA) is 49.4 Å². The molecule has 1 fully saturated rings. The highest BCUT2D eigenvalue weighted by Gasteiger charge is 2.40. The van der Waals surface area contributed by atoms with Crippen LogP contribution in [0.3, 0.4) is 0 Å². The number of rotatable bonds is 2. The van der Waals surface area contributed by atoms with E-state index in [0.717, 1.165) is 21.3 Å². The van der Waals surface area contributed by atoms with Gasteiger partial charge in [0.15, 0.2) is 0 Å². The van der Waals surface area contributed by atoms with E-state index in [1.165, 1.54) is 0 Å². The highest BCUT2D eigenvalue weighted by molar-refractivity contribution is 9.10. The van der Waals surface area contributed by atoms with Crippen molar-refractivity contribution < 1.29 is 9.59 Å². The normalized spacial score (nSPS) is 23.0. The zero-order chi connectivity index (χ0) is 15.8. The third-order valence-electron chi connectivity index (χ3n) is 4.07. The number of hydrogen-bond acceptors (Lipinski definition) is 2. The van der Waals surface area contributed by atoms with Gasteiger partial charge in [0.05, 0.1) is 5.69 Å². The van der Waals surface area contributed by atoms with E-state index in [2.05, 4.69) is 27.3 Å². The first kappa shape index (κ1) is 16.0. The van der Waals surface area contributed by atoms with Gasteiger partial charge < -0.3 is 10.2 Å². The second-order valence-electron chi connectivity index (χ2n) is 5.85. The molecule has 1 aromatic rings. The number of nitrogens with one attached hydrogen (secondary N) is 1. The summed E-state index contributed by atoms with van der Waals surface area (Å²) in [6.45, 7) is 8.13. The van der Waals surface area contributed by atoms with Gasteiger partial charge in [0.2, 0.25) is 5.91 Å². The second kappa shape index (κ2) is 5.79. The fourth-order valence-electron chi connectivity index (χ4n) is 2.74. The molecule has 0 aliphatic carbocycles. The Labute approximate surface area is 134 Å². The van der Waals surface area contributed by atoms with Gasteiger partial charge in [-0.25, -0.2) is 0 Å². The summed E-state index contributed by atoms with van der Waals surface area (Å²) in [7, 11) is 0. The summed E-state index contributed by atoms with van der Waals surface area (Å²) in [5, 5.41) is 2.86. The summed E-state index contributed by atoms with van der Waals surface area (Å²) in [4.78, 5) is 26.6. The highest BCUT2D eigenvalue weighted by Crippen LogP contribution is 2.34. The molecule has 0 spiro atoms. The molecule has 0 saturated carbocycles. The molecule has 4 nitrogen and oxygen atoms in total. The van der Waals surface area contributed by atoms with Crippen molar-refractivity contribution in [3.63, 3.8) is 0 Å². The van der Waals surface area contributed by atoms with Crippen molar-refractivity contribution in [2.45, 2.75) is 46.1 Å². The molecule has 0 bridgehead atoms. The maximum atomic E-state index is 12.9. The van der Waals surface area contributed by atoms with Crippen LogP contribution in [0.4, 0.5) is 5.69 Å². The van der Waals surface area contributed by atoms with Crippen LogP contribution in [0.5, 0.6) is 0 Å². The molecule has 21 heavy (non-hydrogen) atoms. The fourth-order valence-corrected chi connectivity index (χ4v) is 3.63. The Kier molecular flexibility index (Phi) is 4.42. The lowest BCUT2D eigenvalue weighted by molar-refractivity contribution is -0.129. The SMILES string of the molecule is CCC1(C)NC(=O)CCN(c2c(C)cc(C)cc2Br)C1=O. The van der Waals surface area contributed by atoms with Gasteiger partial charge in [-0.05, 0) is 60.3 Å². The van der Waals surface area contributed by atoms with E-state index in [1.54, 1.807) is 11.8 Å². The Balaban J connectivity index is 2.52. The van der Waals surface area contributed by atoms with Crippen LogP contribution in [0.15, 0.2) is 16.6 Å². The van der Waals surface area contributed by atoms with Crippen molar-refractivity contribution in [1.82, 2.24) is 5.32 Å². The van der Waals surface area contributed by atoms with E-state index in [9.17, 15) is 9.59 Å². The Bertz CT molecular complexity index is 577. The third kappa shape index (κ3) is 2.98. The Morgan fingerprint density at radius 3 is 2.57 bits per heavy atom. The van der Waals surface area contributed by atoms with Crippen molar-refractivity contribution >= 4 is 33.4 Å². The van der Waals surface area contributed by atoms with E-state index >= 15 is 0 Å². The fraction of sp³-hybridized carbons (Fsp3) is 0.500. The van der Waals surface area contributed by atoms with Crippen LogP contribution >= 0.6 is 15.9 Å². The molecular weight excluding hydrogens is 332 g/mol. The second-order valence-corrected chi connectivity index (χ2v) is 6.71. The molecule has 114 valence electrons. The van der Waals surface area contributed by atoms with Crippen LogP contribution in [-0.4, -0.2) is 23.9 Å². The summed E-state index contributed by atoms with van der Waals surface area (Å²) in [6.07, 6.45) is 0.887. The predicted molar refractivity (Wildman–Crippen MR) is 87.4 cm³/mol. The minimum Gasteiger partial charge on any atom is -0.342 e. The largest absolute Gasteiger partial charge is 0.342 e. The highest BCUT2D eigenvalue weighted by atomic mass is 79.9. The Morgan fingerprint density at radius 2 is 2.00 bits per heavy atom. The van der Waals surface area contributed by atoms with E-state index < -0.39 is 5.54 Å². The van der Waals surface area contributed by atoms with Gasteiger partial charge in [-0.2, -0.15) is 0 Å². The Morgan fingerprint density at radius 1 is 1.33 bits per heavy atom. The molecule has 0 aromatic heterocycles. The van der Waals surface area contributed by atoms with Gasteiger partial charge in [-0.3, -0.25) is 9.59 Å². The predicted octanol–water partition coefficient (Wildman–Crippen LogP) is 3.09. The molecule has 2 amide bonds. The number of hydrogen-bond donors (Lipinski definition) is 1. The quantitative estimate of drug-likeness (QED) is 0.888. The molecule has 1 saturated heterocycles. The molecule has 1 heterocycles. The van der Waals surface area contributed by atoms with Gasteiger partial charge in [-0.15, -0.1) is 0 Å². The minimum absolute atomic E-state index is 0.0523. The number of benzene rings is 1. The number of nitrogens with zero attached hydrogens (tertiary/aromatic N) is 1. The van der Waals surface area contributed by atoms with Crippen LogP contribution in [0.2, 0.25) is 0 Å². The lowest BCUT2D eigenvalue weighted by Crippen LogP contribution is -2.55. The van der Waals surface area contributed by atoms with Crippen molar-refractivity contribution in [2.24, 2.45) is 0 Å². The number of carbonyl (C=O) groups excluding carboxylic acids is 2. The summed E-state index contributed by atoms with van der Waals surface area (Å²) in [5.74, 6) is -0.125. The number of aryl methyl sites for hydroxylation is 2. The van der Waals surface area contributed by atoms with Gasteiger partial charge in [0.25, 0.3) is 5.91 Å². The number of anilines is 1. The smallest absolute Gasteiger partial charge is 0.252 e. The summed E-state index contributed by atoms with van der Waals surface area (Å²) in [6, 6.07) is 4.05. The maximum absolute atomic E-state index is 12.9. The van der Waals surface area contributed by atoms with Crippen LogP contribution < -0.4 is 10.2 Å². The Hall–Kier alpha value is -1.36. The van der Waals surface area contributed by atoms with Crippen LogP contribution in [0.25, 0.3) is 0 Å². The van der Waals surface area contributed by atoms with Crippen molar-refractivity contribution in [3.8, 4) is 0 Å². The van der Waals surface area contributed by atoms with Crippen molar-refractivity contribution in [3.05, 3.63) is 27.7 Å². The first-order valence-corrected chi connectivity index (χ1v) is 7.97. The van der Waals surface area contributed by atoms with E-state index in [0.29, 0.717) is 19.4 Å². The lowest BCUT2D eigenvalue weighted by atomic mass is 9.96. The monoisotopic (exact) mass is 352 g/mol. The third-order valence-corrected chi connectivity index (χ3v) is 4.67. The van der Waals surface area contributed by atoms with Crippen LogP contribution in [0, 0.1) is 13.8 Å². The molecular formula is C16H21BrN2O2. The van der Waals surface area contributed by atoms with E-state index in [4.69, 9.17) is 0 Å². The lowest BCUT2D eigenvalue weighted by Gasteiger charge is -2.32. The molecule has 1 aromatic carbocycles. The zero-order valence-corrected chi connectivity index (χ0v) is 14.5. The van der Waals surface area contributed by atoms with Gasteiger partial charge in [0, 0.05) is 17.4 Å². The molecule has 1 atom stereocenters. The minimum atomic E-state index is -0.843. The molecule has 0 radical (unpaired) electrons. The average Bonchev–Trinajstić information content (AvgIpc) is 2.49. The zero-order valence-electron chi connectivity index (χ0n) is 12.9. The summed E-state index contributed by atoms with van der Waals surface area (Å²) >= 11 is 3.56. The molecule has 2 rings (SSSR count). The number of halogens is 1. The van der Waals surface area contributed by atoms with Crippen molar-refractivity contribution in [1.29, 1.82) is 0 Å².